The SMILES string of the molecule is O=C(CCc1csc(-c2ccccn2)n1)Nc1ncccn1. The van der Waals surface area contributed by atoms with Gasteiger partial charge in [0.15, 0.2) is 0 Å². The van der Waals surface area contributed by atoms with Crippen molar-refractivity contribution in [1.29, 1.82) is 0 Å². The number of rotatable bonds is 5. The highest BCUT2D eigenvalue weighted by Gasteiger charge is 2.08. The molecule has 0 aliphatic carbocycles. The van der Waals surface area contributed by atoms with E-state index < -0.39 is 0 Å². The highest BCUT2D eigenvalue weighted by molar-refractivity contribution is 7.13. The van der Waals surface area contributed by atoms with E-state index in [4.69, 9.17) is 0 Å². The van der Waals surface area contributed by atoms with E-state index in [0.717, 1.165) is 16.4 Å². The van der Waals surface area contributed by atoms with Crippen LogP contribution in [-0.4, -0.2) is 25.8 Å². The van der Waals surface area contributed by atoms with Crippen molar-refractivity contribution in [3.8, 4) is 10.7 Å². The van der Waals surface area contributed by atoms with E-state index in [-0.39, 0.29) is 5.91 Å². The molecule has 0 atom stereocenters. The average molecular weight is 311 g/mol. The molecule has 7 heteroatoms. The smallest absolute Gasteiger partial charge is 0.229 e. The van der Waals surface area contributed by atoms with Crippen LogP contribution in [0.3, 0.4) is 0 Å². The predicted molar refractivity (Wildman–Crippen MR) is 84.3 cm³/mol. The van der Waals surface area contributed by atoms with Crippen molar-refractivity contribution in [2.24, 2.45) is 0 Å². The molecule has 6 nitrogen and oxygen atoms in total. The molecule has 0 radical (unpaired) electrons. The molecule has 0 unspecified atom stereocenters. The Labute approximate surface area is 131 Å². The summed E-state index contributed by atoms with van der Waals surface area (Å²) in [7, 11) is 0. The third kappa shape index (κ3) is 3.70. The fraction of sp³-hybridized carbons (Fsp3) is 0.133. The molecule has 0 aromatic carbocycles. The Morgan fingerprint density at radius 3 is 2.68 bits per heavy atom. The third-order valence-corrected chi connectivity index (χ3v) is 3.77. The number of pyridine rings is 1. The number of hydrogen-bond acceptors (Lipinski definition) is 6. The van der Waals surface area contributed by atoms with E-state index in [1.165, 1.54) is 11.3 Å². The number of nitrogens with one attached hydrogen (secondary N) is 1. The number of aromatic nitrogens is 4. The van der Waals surface area contributed by atoms with E-state index in [0.29, 0.717) is 18.8 Å². The lowest BCUT2D eigenvalue weighted by Gasteiger charge is -2.01. The largest absolute Gasteiger partial charge is 0.295 e. The Kier molecular flexibility index (Phi) is 4.45. The van der Waals surface area contributed by atoms with Gasteiger partial charge in [-0.1, -0.05) is 6.07 Å². The van der Waals surface area contributed by atoms with Crippen molar-refractivity contribution in [3.63, 3.8) is 0 Å². The fourth-order valence-electron chi connectivity index (χ4n) is 1.82. The van der Waals surface area contributed by atoms with Gasteiger partial charge in [-0.3, -0.25) is 15.1 Å². The molecule has 0 fully saturated rings. The second kappa shape index (κ2) is 6.86. The van der Waals surface area contributed by atoms with Gasteiger partial charge >= 0.3 is 0 Å². The zero-order valence-electron chi connectivity index (χ0n) is 11.6. The summed E-state index contributed by atoms with van der Waals surface area (Å²) in [5.74, 6) is 0.193. The predicted octanol–water partition coefficient (Wildman–Crippen LogP) is 2.57. The number of aryl methyl sites for hydroxylation is 1. The topological polar surface area (TPSA) is 80.7 Å². The van der Waals surface area contributed by atoms with Crippen molar-refractivity contribution in [2.75, 3.05) is 5.32 Å². The summed E-state index contributed by atoms with van der Waals surface area (Å²) in [6.07, 6.45) is 5.82. The molecule has 0 saturated carbocycles. The Hall–Kier alpha value is -2.67. The van der Waals surface area contributed by atoms with Crippen LogP contribution in [0.1, 0.15) is 12.1 Å². The van der Waals surface area contributed by atoms with Crippen molar-refractivity contribution >= 4 is 23.2 Å². The number of amides is 1. The Morgan fingerprint density at radius 2 is 1.91 bits per heavy atom. The Balaban J connectivity index is 1.56. The van der Waals surface area contributed by atoms with Gasteiger partial charge in [0.1, 0.15) is 5.01 Å². The molecule has 110 valence electrons. The van der Waals surface area contributed by atoms with Gasteiger partial charge in [0.25, 0.3) is 0 Å². The molecule has 0 bridgehead atoms. The summed E-state index contributed by atoms with van der Waals surface area (Å²) in [5.41, 5.74) is 1.73. The number of carbonyl (C=O) groups excluding carboxylic acids is 1. The molecule has 0 spiro atoms. The van der Waals surface area contributed by atoms with Gasteiger partial charge in [-0.25, -0.2) is 15.0 Å². The lowest BCUT2D eigenvalue weighted by atomic mass is 10.2. The summed E-state index contributed by atoms with van der Waals surface area (Å²) >= 11 is 1.53. The normalized spacial score (nSPS) is 10.4. The monoisotopic (exact) mass is 311 g/mol. The molecule has 3 aromatic heterocycles. The Bertz CT molecular complexity index is 745. The molecule has 0 aliphatic heterocycles. The first-order valence-corrected chi connectivity index (χ1v) is 7.62. The van der Waals surface area contributed by atoms with Gasteiger partial charge in [0.2, 0.25) is 11.9 Å². The van der Waals surface area contributed by atoms with Crippen molar-refractivity contribution in [2.45, 2.75) is 12.8 Å². The quantitative estimate of drug-likeness (QED) is 0.783. The van der Waals surface area contributed by atoms with Crippen molar-refractivity contribution in [1.82, 2.24) is 19.9 Å². The van der Waals surface area contributed by atoms with Crippen LogP contribution >= 0.6 is 11.3 Å². The van der Waals surface area contributed by atoms with Crippen LogP contribution in [0, 0.1) is 0 Å². The molecule has 0 saturated heterocycles. The van der Waals surface area contributed by atoms with Gasteiger partial charge in [0, 0.05) is 30.4 Å². The first-order chi connectivity index (χ1) is 10.8. The molecule has 1 amide bonds. The van der Waals surface area contributed by atoms with E-state index >= 15 is 0 Å². The molecule has 0 aliphatic rings. The van der Waals surface area contributed by atoms with Gasteiger partial charge < -0.3 is 0 Å². The van der Waals surface area contributed by atoms with Crippen LogP contribution in [0.2, 0.25) is 0 Å². The van der Waals surface area contributed by atoms with Crippen molar-refractivity contribution in [3.05, 3.63) is 53.9 Å². The summed E-state index contributed by atoms with van der Waals surface area (Å²) in [5, 5.41) is 5.47. The molecular weight excluding hydrogens is 298 g/mol. The summed E-state index contributed by atoms with van der Waals surface area (Å²) < 4.78 is 0. The van der Waals surface area contributed by atoms with E-state index in [1.807, 2.05) is 23.6 Å². The molecular formula is C15H13N5OS. The van der Waals surface area contributed by atoms with Gasteiger partial charge in [-0.05, 0) is 24.6 Å². The highest BCUT2D eigenvalue weighted by atomic mass is 32.1. The maximum atomic E-state index is 11.8. The van der Waals surface area contributed by atoms with E-state index in [9.17, 15) is 4.79 Å². The lowest BCUT2D eigenvalue weighted by Crippen LogP contribution is -2.14. The van der Waals surface area contributed by atoms with Gasteiger partial charge in [-0.15, -0.1) is 11.3 Å². The van der Waals surface area contributed by atoms with Crippen molar-refractivity contribution < 1.29 is 4.79 Å². The number of carbonyl (C=O) groups is 1. The van der Waals surface area contributed by atoms with Crippen LogP contribution in [-0.2, 0) is 11.2 Å². The van der Waals surface area contributed by atoms with E-state index in [2.05, 4.69) is 25.3 Å². The van der Waals surface area contributed by atoms with Crippen LogP contribution in [0.15, 0.2) is 48.2 Å². The second-order valence-corrected chi connectivity index (χ2v) is 5.34. The average Bonchev–Trinajstić information content (AvgIpc) is 3.04. The minimum Gasteiger partial charge on any atom is -0.295 e. The van der Waals surface area contributed by atoms with Gasteiger partial charge in [0.05, 0.1) is 11.4 Å². The first kappa shape index (κ1) is 14.3. The molecule has 22 heavy (non-hydrogen) atoms. The van der Waals surface area contributed by atoms with Gasteiger partial charge in [-0.2, -0.15) is 0 Å². The summed E-state index contributed by atoms with van der Waals surface area (Å²) in [6.45, 7) is 0. The van der Waals surface area contributed by atoms with Crippen LogP contribution in [0.5, 0.6) is 0 Å². The van der Waals surface area contributed by atoms with Crippen LogP contribution in [0.4, 0.5) is 5.95 Å². The lowest BCUT2D eigenvalue weighted by molar-refractivity contribution is -0.116. The molecule has 1 N–H and O–H groups in total. The number of nitrogens with zero attached hydrogens (tertiary/aromatic N) is 4. The molecule has 3 heterocycles. The summed E-state index contributed by atoms with van der Waals surface area (Å²) in [6, 6.07) is 7.41. The first-order valence-electron chi connectivity index (χ1n) is 6.74. The summed E-state index contributed by atoms with van der Waals surface area (Å²) in [4.78, 5) is 28.5. The zero-order chi connectivity index (χ0) is 15.2. The highest BCUT2D eigenvalue weighted by Crippen LogP contribution is 2.21. The molecule has 3 aromatic rings. The Morgan fingerprint density at radius 1 is 1.09 bits per heavy atom. The standard InChI is InChI=1S/C15H13N5OS/c21-13(20-15-17-8-3-9-18-15)6-5-11-10-22-14(19-11)12-4-1-2-7-16-12/h1-4,7-10H,5-6H2,(H,17,18,20,21). The zero-order valence-corrected chi connectivity index (χ0v) is 12.5. The number of hydrogen-bond donors (Lipinski definition) is 1. The maximum Gasteiger partial charge on any atom is 0.229 e. The van der Waals surface area contributed by atoms with E-state index in [1.54, 1.807) is 24.7 Å². The number of anilines is 1. The van der Waals surface area contributed by atoms with Crippen LogP contribution < -0.4 is 5.32 Å². The van der Waals surface area contributed by atoms with Crippen LogP contribution in [0.25, 0.3) is 10.7 Å². The maximum absolute atomic E-state index is 11.8. The third-order valence-electron chi connectivity index (χ3n) is 2.86. The second-order valence-electron chi connectivity index (χ2n) is 4.48. The minimum absolute atomic E-state index is 0.126. The number of thiazole rings is 1. The fourth-order valence-corrected chi connectivity index (χ4v) is 2.65. The minimum atomic E-state index is -0.126. The molecule has 3 rings (SSSR count).